The SMILES string of the molecule is Cc1cn(CC(C)C)c(NCCc2cnn(C)c2)n1. The van der Waals surface area contributed by atoms with Crippen LogP contribution < -0.4 is 5.32 Å². The number of imidazole rings is 1. The monoisotopic (exact) mass is 261 g/mol. The summed E-state index contributed by atoms with van der Waals surface area (Å²) in [6.07, 6.45) is 7.02. The number of hydrogen-bond acceptors (Lipinski definition) is 3. The second-order valence-electron chi connectivity index (χ2n) is 5.45. The summed E-state index contributed by atoms with van der Waals surface area (Å²) in [5, 5.41) is 7.58. The summed E-state index contributed by atoms with van der Waals surface area (Å²) in [6, 6.07) is 0. The normalized spacial score (nSPS) is 11.2. The van der Waals surface area contributed by atoms with Crippen LogP contribution in [0.3, 0.4) is 0 Å². The minimum atomic E-state index is 0.618. The van der Waals surface area contributed by atoms with E-state index in [1.807, 2.05) is 31.0 Å². The van der Waals surface area contributed by atoms with E-state index in [0.29, 0.717) is 5.92 Å². The standard InChI is InChI=1S/C14H23N5/c1-11(2)8-19-9-12(3)17-14(19)15-6-5-13-7-16-18(4)10-13/h7,9-11H,5-6,8H2,1-4H3,(H,15,17). The van der Waals surface area contributed by atoms with Gasteiger partial charge in [-0.2, -0.15) is 5.10 Å². The molecule has 1 N–H and O–H groups in total. The lowest BCUT2D eigenvalue weighted by atomic mass is 10.2. The molecule has 104 valence electrons. The van der Waals surface area contributed by atoms with Crippen LogP contribution in [0.5, 0.6) is 0 Å². The Morgan fingerprint density at radius 3 is 2.74 bits per heavy atom. The maximum atomic E-state index is 4.53. The van der Waals surface area contributed by atoms with E-state index in [0.717, 1.165) is 31.2 Å². The van der Waals surface area contributed by atoms with Gasteiger partial charge in [0.15, 0.2) is 0 Å². The van der Waals surface area contributed by atoms with Crippen LogP contribution >= 0.6 is 0 Å². The Labute approximate surface area is 114 Å². The first-order chi connectivity index (χ1) is 9.04. The van der Waals surface area contributed by atoms with E-state index in [1.54, 1.807) is 0 Å². The molecule has 0 fully saturated rings. The molecule has 5 heteroatoms. The predicted octanol–water partition coefficient (Wildman–Crippen LogP) is 2.24. The Balaban J connectivity index is 1.91. The van der Waals surface area contributed by atoms with E-state index in [9.17, 15) is 0 Å². The molecule has 2 rings (SSSR count). The zero-order chi connectivity index (χ0) is 13.8. The topological polar surface area (TPSA) is 47.7 Å². The van der Waals surface area contributed by atoms with E-state index in [1.165, 1.54) is 5.56 Å². The Bertz CT molecular complexity index is 524. The van der Waals surface area contributed by atoms with Crippen molar-refractivity contribution < 1.29 is 0 Å². The van der Waals surface area contributed by atoms with E-state index in [2.05, 4.69) is 40.0 Å². The molecule has 0 unspecified atom stereocenters. The van der Waals surface area contributed by atoms with Gasteiger partial charge in [-0.15, -0.1) is 0 Å². The first-order valence-corrected chi connectivity index (χ1v) is 6.79. The Kier molecular flexibility index (Phi) is 4.24. The highest BCUT2D eigenvalue weighted by atomic mass is 15.2. The van der Waals surface area contributed by atoms with Gasteiger partial charge in [0.2, 0.25) is 5.95 Å². The Morgan fingerprint density at radius 1 is 1.32 bits per heavy atom. The van der Waals surface area contributed by atoms with Crippen LogP contribution in [0, 0.1) is 12.8 Å². The van der Waals surface area contributed by atoms with Gasteiger partial charge in [0.05, 0.1) is 11.9 Å². The lowest BCUT2D eigenvalue weighted by Crippen LogP contribution is -2.12. The average Bonchev–Trinajstić information content (AvgIpc) is 2.85. The third-order valence-electron chi connectivity index (χ3n) is 2.91. The molecule has 0 radical (unpaired) electrons. The van der Waals surface area contributed by atoms with Crippen molar-refractivity contribution in [3.05, 3.63) is 29.8 Å². The quantitative estimate of drug-likeness (QED) is 0.867. The van der Waals surface area contributed by atoms with Crippen molar-refractivity contribution in [3.63, 3.8) is 0 Å². The summed E-state index contributed by atoms with van der Waals surface area (Å²) >= 11 is 0. The fourth-order valence-corrected chi connectivity index (χ4v) is 2.14. The molecule has 0 amide bonds. The Hall–Kier alpha value is -1.78. The molecular formula is C14H23N5. The third-order valence-corrected chi connectivity index (χ3v) is 2.91. The van der Waals surface area contributed by atoms with Crippen molar-refractivity contribution in [1.82, 2.24) is 19.3 Å². The van der Waals surface area contributed by atoms with E-state index in [4.69, 9.17) is 0 Å². The zero-order valence-corrected chi connectivity index (χ0v) is 12.2. The van der Waals surface area contributed by atoms with Crippen LogP contribution in [0.2, 0.25) is 0 Å². The van der Waals surface area contributed by atoms with Crippen molar-refractivity contribution >= 4 is 5.95 Å². The van der Waals surface area contributed by atoms with E-state index >= 15 is 0 Å². The molecule has 0 aliphatic carbocycles. The highest BCUT2D eigenvalue weighted by Crippen LogP contribution is 2.11. The molecule has 0 bridgehead atoms. The van der Waals surface area contributed by atoms with E-state index in [-0.39, 0.29) is 0 Å². The van der Waals surface area contributed by atoms with Crippen molar-refractivity contribution in [2.75, 3.05) is 11.9 Å². The molecule has 2 heterocycles. The summed E-state index contributed by atoms with van der Waals surface area (Å²) in [4.78, 5) is 4.53. The first kappa shape index (κ1) is 13.6. The number of aromatic nitrogens is 4. The average molecular weight is 261 g/mol. The van der Waals surface area contributed by atoms with Crippen LogP contribution in [0.15, 0.2) is 18.6 Å². The number of aryl methyl sites for hydroxylation is 2. The highest BCUT2D eigenvalue weighted by molar-refractivity contribution is 5.29. The molecule has 0 saturated carbocycles. The van der Waals surface area contributed by atoms with Gasteiger partial charge in [0.25, 0.3) is 0 Å². The second kappa shape index (κ2) is 5.91. The summed E-state index contributed by atoms with van der Waals surface area (Å²) < 4.78 is 4.03. The number of anilines is 1. The van der Waals surface area contributed by atoms with Crippen LogP contribution in [0.25, 0.3) is 0 Å². The molecule has 0 saturated heterocycles. The summed E-state index contributed by atoms with van der Waals surface area (Å²) in [5.74, 6) is 1.59. The Morgan fingerprint density at radius 2 is 2.11 bits per heavy atom. The molecule has 0 atom stereocenters. The smallest absolute Gasteiger partial charge is 0.203 e. The van der Waals surface area contributed by atoms with Crippen LogP contribution in [0.1, 0.15) is 25.1 Å². The van der Waals surface area contributed by atoms with Gasteiger partial charge in [-0.25, -0.2) is 4.98 Å². The fourth-order valence-electron chi connectivity index (χ4n) is 2.14. The number of nitrogens with zero attached hydrogens (tertiary/aromatic N) is 4. The molecule has 0 aliphatic heterocycles. The number of hydrogen-bond donors (Lipinski definition) is 1. The number of rotatable bonds is 6. The van der Waals surface area contributed by atoms with Gasteiger partial charge in [-0.05, 0) is 24.8 Å². The van der Waals surface area contributed by atoms with Gasteiger partial charge in [-0.1, -0.05) is 13.8 Å². The van der Waals surface area contributed by atoms with Gasteiger partial charge >= 0.3 is 0 Å². The lowest BCUT2D eigenvalue weighted by Gasteiger charge is -2.11. The molecule has 2 aromatic heterocycles. The third kappa shape index (κ3) is 3.84. The summed E-state index contributed by atoms with van der Waals surface area (Å²) in [5.41, 5.74) is 2.30. The minimum absolute atomic E-state index is 0.618. The molecular weight excluding hydrogens is 238 g/mol. The largest absolute Gasteiger partial charge is 0.355 e. The molecule has 2 aromatic rings. The van der Waals surface area contributed by atoms with Crippen molar-refractivity contribution in [2.45, 2.75) is 33.7 Å². The van der Waals surface area contributed by atoms with Crippen molar-refractivity contribution in [1.29, 1.82) is 0 Å². The van der Waals surface area contributed by atoms with Gasteiger partial charge < -0.3 is 9.88 Å². The summed E-state index contributed by atoms with van der Waals surface area (Å²) in [6.45, 7) is 8.34. The van der Waals surface area contributed by atoms with Gasteiger partial charge in [-0.3, -0.25) is 4.68 Å². The highest BCUT2D eigenvalue weighted by Gasteiger charge is 2.06. The van der Waals surface area contributed by atoms with Gasteiger partial charge in [0, 0.05) is 32.5 Å². The maximum Gasteiger partial charge on any atom is 0.203 e. The lowest BCUT2D eigenvalue weighted by molar-refractivity contribution is 0.526. The summed E-state index contributed by atoms with van der Waals surface area (Å²) in [7, 11) is 1.94. The molecule has 0 spiro atoms. The maximum absolute atomic E-state index is 4.53. The molecule has 19 heavy (non-hydrogen) atoms. The van der Waals surface area contributed by atoms with E-state index < -0.39 is 0 Å². The van der Waals surface area contributed by atoms with Crippen LogP contribution in [0.4, 0.5) is 5.95 Å². The fraction of sp³-hybridized carbons (Fsp3) is 0.571. The predicted molar refractivity (Wildman–Crippen MR) is 77.2 cm³/mol. The zero-order valence-electron chi connectivity index (χ0n) is 12.2. The second-order valence-corrected chi connectivity index (χ2v) is 5.45. The minimum Gasteiger partial charge on any atom is -0.355 e. The van der Waals surface area contributed by atoms with Crippen molar-refractivity contribution in [2.24, 2.45) is 13.0 Å². The van der Waals surface area contributed by atoms with Crippen LogP contribution in [-0.2, 0) is 20.0 Å². The van der Waals surface area contributed by atoms with Crippen molar-refractivity contribution in [3.8, 4) is 0 Å². The van der Waals surface area contributed by atoms with Crippen LogP contribution in [-0.4, -0.2) is 25.9 Å². The number of nitrogens with one attached hydrogen (secondary N) is 1. The molecule has 5 nitrogen and oxygen atoms in total. The molecule has 0 aliphatic rings. The molecule has 0 aromatic carbocycles. The van der Waals surface area contributed by atoms with Gasteiger partial charge in [0.1, 0.15) is 0 Å². The first-order valence-electron chi connectivity index (χ1n) is 6.79.